The molecule has 0 aliphatic rings. The Labute approximate surface area is 88.9 Å². The van der Waals surface area contributed by atoms with Crippen LogP contribution < -0.4 is 10.1 Å². The molecule has 1 aromatic heterocycles. The highest BCUT2D eigenvalue weighted by molar-refractivity contribution is 5.75. The average molecular weight is 209 g/mol. The lowest BCUT2D eigenvalue weighted by Gasteiger charge is -2.03. The van der Waals surface area contributed by atoms with Crippen LogP contribution in [0.3, 0.4) is 0 Å². The van der Waals surface area contributed by atoms with Gasteiger partial charge in [-0.3, -0.25) is 4.79 Å². The summed E-state index contributed by atoms with van der Waals surface area (Å²) in [7, 11) is 1.52. The van der Waals surface area contributed by atoms with Crippen molar-refractivity contribution in [1.29, 1.82) is 0 Å². The van der Waals surface area contributed by atoms with E-state index in [1.165, 1.54) is 7.11 Å². The van der Waals surface area contributed by atoms with Gasteiger partial charge < -0.3 is 10.1 Å². The second kappa shape index (κ2) is 5.95. The lowest BCUT2D eigenvalue weighted by Crippen LogP contribution is -2.24. The second-order valence-electron chi connectivity index (χ2n) is 3.03. The van der Waals surface area contributed by atoms with E-state index in [9.17, 15) is 4.79 Å². The Morgan fingerprint density at radius 2 is 2.13 bits per heavy atom. The van der Waals surface area contributed by atoms with Crippen LogP contribution in [0.1, 0.15) is 18.9 Å². The van der Waals surface area contributed by atoms with Crippen LogP contribution in [0, 0.1) is 0 Å². The van der Waals surface area contributed by atoms with Crippen LogP contribution in [0.15, 0.2) is 12.4 Å². The van der Waals surface area contributed by atoms with Crippen molar-refractivity contribution in [2.24, 2.45) is 0 Å². The van der Waals surface area contributed by atoms with Crippen molar-refractivity contribution in [2.75, 3.05) is 13.7 Å². The molecule has 5 nitrogen and oxygen atoms in total. The van der Waals surface area contributed by atoms with Gasteiger partial charge in [-0.05, 0) is 12.0 Å². The number of rotatable bonds is 5. The maximum absolute atomic E-state index is 10.9. The standard InChI is InChI=1S/C10H15N3O2/c1-3-9(14)11-5-4-8-6-12-10(15-2)13-7-8/h6-7H,3-5H2,1-2H3,(H,11,14). The largest absolute Gasteiger partial charge is 0.467 e. The van der Waals surface area contributed by atoms with Crippen molar-refractivity contribution in [3.8, 4) is 6.01 Å². The quantitative estimate of drug-likeness (QED) is 0.769. The summed E-state index contributed by atoms with van der Waals surface area (Å²) in [6.07, 6.45) is 4.64. The zero-order chi connectivity index (χ0) is 11.1. The number of nitrogens with one attached hydrogen (secondary N) is 1. The van der Waals surface area contributed by atoms with Crippen LogP contribution in [0.5, 0.6) is 6.01 Å². The highest BCUT2D eigenvalue weighted by atomic mass is 16.5. The molecule has 0 radical (unpaired) electrons. The zero-order valence-corrected chi connectivity index (χ0v) is 8.99. The Balaban J connectivity index is 2.34. The minimum absolute atomic E-state index is 0.0597. The van der Waals surface area contributed by atoms with Crippen molar-refractivity contribution >= 4 is 5.91 Å². The van der Waals surface area contributed by atoms with E-state index in [1.807, 2.05) is 6.92 Å². The first-order chi connectivity index (χ1) is 7.26. The van der Waals surface area contributed by atoms with Crippen LogP contribution in [0.4, 0.5) is 0 Å². The number of hydrogen-bond acceptors (Lipinski definition) is 4. The van der Waals surface area contributed by atoms with Gasteiger partial charge in [0, 0.05) is 25.4 Å². The predicted molar refractivity (Wildman–Crippen MR) is 55.6 cm³/mol. The predicted octanol–water partition coefficient (Wildman–Crippen LogP) is 0.554. The van der Waals surface area contributed by atoms with Crippen molar-refractivity contribution in [3.05, 3.63) is 18.0 Å². The van der Waals surface area contributed by atoms with Gasteiger partial charge in [-0.1, -0.05) is 6.92 Å². The molecule has 0 saturated heterocycles. The van der Waals surface area contributed by atoms with Crippen LogP contribution in [-0.4, -0.2) is 29.5 Å². The van der Waals surface area contributed by atoms with Gasteiger partial charge in [0.1, 0.15) is 0 Å². The Hall–Kier alpha value is -1.65. The van der Waals surface area contributed by atoms with Gasteiger partial charge in [0.25, 0.3) is 0 Å². The highest BCUT2D eigenvalue weighted by Crippen LogP contribution is 2.01. The molecule has 5 heteroatoms. The molecule has 82 valence electrons. The molecular weight excluding hydrogens is 194 g/mol. The lowest BCUT2D eigenvalue weighted by atomic mass is 10.2. The first kappa shape index (κ1) is 11.4. The molecule has 1 N–H and O–H groups in total. The van der Waals surface area contributed by atoms with Crippen LogP contribution in [0.2, 0.25) is 0 Å². The number of nitrogens with zero attached hydrogens (tertiary/aromatic N) is 2. The fraction of sp³-hybridized carbons (Fsp3) is 0.500. The van der Waals surface area contributed by atoms with E-state index in [4.69, 9.17) is 4.74 Å². The summed E-state index contributed by atoms with van der Waals surface area (Å²) in [4.78, 5) is 18.9. The summed E-state index contributed by atoms with van der Waals surface area (Å²) >= 11 is 0. The van der Waals surface area contributed by atoms with E-state index in [2.05, 4.69) is 15.3 Å². The molecule has 0 atom stereocenters. The Morgan fingerprint density at radius 1 is 1.47 bits per heavy atom. The fourth-order valence-electron chi connectivity index (χ4n) is 1.05. The summed E-state index contributed by atoms with van der Waals surface area (Å²) < 4.78 is 4.84. The first-order valence-electron chi connectivity index (χ1n) is 4.88. The average Bonchev–Trinajstić information content (AvgIpc) is 2.29. The van der Waals surface area contributed by atoms with Gasteiger partial charge in [-0.15, -0.1) is 0 Å². The SMILES string of the molecule is CCC(=O)NCCc1cnc(OC)nc1. The maximum Gasteiger partial charge on any atom is 0.316 e. The molecule has 1 aromatic rings. The van der Waals surface area contributed by atoms with E-state index in [1.54, 1.807) is 12.4 Å². The van der Waals surface area contributed by atoms with Crippen molar-refractivity contribution in [1.82, 2.24) is 15.3 Å². The van der Waals surface area contributed by atoms with E-state index in [0.29, 0.717) is 19.0 Å². The Kier molecular flexibility index (Phi) is 4.53. The minimum Gasteiger partial charge on any atom is -0.467 e. The molecular formula is C10H15N3O2. The van der Waals surface area contributed by atoms with Gasteiger partial charge >= 0.3 is 6.01 Å². The molecule has 0 spiro atoms. The summed E-state index contributed by atoms with van der Waals surface area (Å²) in [5.74, 6) is 0.0597. The molecule has 0 aliphatic carbocycles. The highest BCUT2D eigenvalue weighted by Gasteiger charge is 1.99. The number of amides is 1. The fourth-order valence-corrected chi connectivity index (χ4v) is 1.05. The first-order valence-corrected chi connectivity index (χ1v) is 4.88. The van der Waals surface area contributed by atoms with Gasteiger partial charge in [0.2, 0.25) is 5.91 Å². The molecule has 1 amide bonds. The molecule has 0 bridgehead atoms. The van der Waals surface area contributed by atoms with Gasteiger partial charge in [-0.2, -0.15) is 0 Å². The molecule has 0 aromatic carbocycles. The van der Waals surface area contributed by atoms with Crippen molar-refractivity contribution < 1.29 is 9.53 Å². The van der Waals surface area contributed by atoms with Gasteiger partial charge in [0.05, 0.1) is 7.11 Å². The third-order valence-electron chi connectivity index (χ3n) is 1.92. The zero-order valence-electron chi connectivity index (χ0n) is 8.99. The van der Waals surface area contributed by atoms with Crippen molar-refractivity contribution in [2.45, 2.75) is 19.8 Å². The smallest absolute Gasteiger partial charge is 0.316 e. The number of methoxy groups -OCH3 is 1. The number of carbonyl (C=O) groups is 1. The third-order valence-corrected chi connectivity index (χ3v) is 1.92. The van der Waals surface area contributed by atoms with Crippen LogP contribution in [-0.2, 0) is 11.2 Å². The molecule has 0 unspecified atom stereocenters. The monoisotopic (exact) mass is 209 g/mol. The molecule has 15 heavy (non-hydrogen) atoms. The number of carbonyl (C=O) groups excluding carboxylic acids is 1. The maximum atomic E-state index is 10.9. The number of aromatic nitrogens is 2. The molecule has 1 rings (SSSR count). The normalized spacial score (nSPS) is 9.73. The topological polar surface area (TPSA) is 64.1 Å². The number of ether oxygens (including phenoxy) is 1. The number of hydrogen-bond donors (Lipinski definition) is 1. The van der Waals surface area contributed by atoms with E-state index in [0.717, 1.165) is 12.0 Å². The van der Waals surface area contributed by atoms with Gasteiger partial charge in [-0.25, -0.2) is 9.97 Å². The van der Waals surface area contributed by atoms with E-state index in [-0.39, 0.29) is 5.91 Å². The van der Waals surface area contributed by atoms with E-state index >= 15 is 0 Å². The minimum atomic E-state index is 0.0597. The Bertz CT molecular complexity index is 311. The molecule has 0 fully saturated rings. The summed E-state index contributed by atoms with van der Waals surface area (Å²) in [5.41, 5.74) is 0.979. The van der Waals surface area contributed by atoms with Crippen molar-refractivity contribution in [3.63, 3.8) is 0 Å². The van der Waals surface area contributed by atoms with Crippen LogP contribution in [0.25, 0.3) is 0 Å². The molecule has 1 heterocycles. The summed E-state index contributed by atoms with van der Waals surface area (Å²) in [6, 6.07) is 0.358. The van der Waals surface area contributed by atoms with Crippen LogP contribution >= 0.6 is 0 Å². The third kappa shape index (κ3) is 3.93. The lowest BCUT2D eigenvalue weighted by molar-refractivity contribution is -0.120. The summed E-state index contributed by atoms with van der Waals surface area (Å²) in [5, 5.41) is 2.78. The van der Waals surface area contributed by atoms with E-state index < -0.39 is 0 Å². The second-order valence-corrected chi connectivity index (χ2v) is 3.03. The molecule has 0 aliphatic heterocycles. The van der Waals surface area contributed by atoms with Gasteiger partial charge in [0.15, 0.2) is 0 Å². The summed E-state index contributed by atoms with van der Waals surface area (Å²) in [6.45, 7) is 2.44. The Morgan fingerprint density at radius 3 is 2.67 bits per heavy atom. The molecule has 0 saturated carbocycles.